The van der Waals surface area contributed by atoms with Crippen LogP contribution in [0.4, 0.5) is 26.3 Å². The van der Waals surface area contributed by atoms with Gasteiger partial charge in [-0.3, -0.25) is 4.79 Å². The van der Waals surface area contributed by atoms with Gasteiger partial charge >= 0.3 is 18.5 Å². The Balaban J connectivity index is 3.44. The number of pyridine rings is 1. The van der Waals surface area contributed by atoms with Crippen LogP contribution in [0.25, 0.3) is 0 Å². The highest BCUT2D eigenvalue weighted by molar-refractivity contribution is 9.08. The molecule has 124 valence electrons. The zero-order valence-electron chi connectivity index (χ0n) is 10.8. The van der Waals surface area contributed by atoms with Gasteiger partial charge in [-0.05, 0) is 5.56 Å². The van der Waals surface area contributed by atoms with Gasteiger partial charge in [0.15, 0.2) is 0 Å². The van der Waals surface area contributed by atoms with Crippen molar-refractivity contribution in [1.29, 1.82) is 0 Å². The van der Waals surface area contributed by atoms with Crippen molar-refractivity contribution < 1.29 is 40.6 Å². The molecule has 1 rings (SSSR count). The third-order valence-electron chi connectivity index (χ3n) is 2.39. The van der Waals surface area contributed by atoms with E-state index in [1.807, 2.05) is 0 Å². The smallest absolute Gasteiger partial charge is 0.469 e. The highest BCUT2D eigenvalue weighted by Crippen LogP contribution is 2.37. The lowest BCUT2D eigenvalue weighted by molar-refractivity contribution is -0.276. The fourth-order valence-corrected chi connectivity index (χ4v) is 2.15. The van der Waals surface area contributed by atoms with Crippen LogP contribution in [0.2, 0.25) is 0 Å². The molecular formula is C11H8BrF6NO3. The van der Waals surface area contributed by atoms with Crippen molar-refractivity contribution in [3.05, 3.63) is 22.9 Å². The van der Waals surface area contributed by atoms with Gasteiger partial charge in [0.25, 0.3) is 0 Å². The summed E-state index contributed by atoms with van der Waals surface area (Å²) in [5.74, 6) is -2.25. The number of hydrogen-bond acceptors (Lipinski definition) is 4. The summed E-state index contributed by atoms with van der Waals surface area (Å²) in [6.45, 7) is 0. The van der Waals surface area contributed by atoms with Gasteiger partial charge in [-0.2, -0.15) is 13.2 Å². The number of ether oxygens (including phenoxy) is 2. The van der Waals surface area contributed by atoms with Crippen molar-refractivity contribution in [2.24, 2.45) is 0 Å². The number of carbonyl (C=O) groups is 1. The number of rotatable bonds is 4. The van der Waals surface area contributed by atoms with E-state index in [0.29, 0.717) is 0 Å². The first-order valence-electron chi connectivity index (χ1n) is 5.46. The highest BCUT2D eigenvalue weighted by Gasteiger charge is 2.38. The van der Waals surface area contributed by atoms with E-state index in [9.17, 15) is 31.1 Å². The van der Waals surface area contributed by atoms with Gasteiger partial charge in [0.05, 0.1) is 24.8 Å². The van der Waals surface area contributed by atoms with Crippen molar-refractivity contribution in [2.75, 3.05) is 7.11 Å². The lowest BCUT2D eigenvalue weighted by atomic mass is 10.1. The number of aromatic nitrogens is 1. The zero-order valence-corrected chi connectivity index (χ0v) is 12.4. The summed E-state index contributed by atoms with van der Waals surface area (Å²) in [5, 5.41) is -0.368. The number of nitrogens with zero attached hydrogens (tertiary/aromatic N) is 1. The van der Waals surface area contributed by atoms with E-state index in [-0.39, 0.29) is 11.4 Å². The third-order valence-corrected chi connectivity index (χ3v) is 2.95. The van der Waals surface area contributed by atoms with E-state index in [1.54, 1.807) is 0 Å². The second-order valence-electron chi connectivity index (χ2n) is 3.87. The van der Waals surface area contributed by atoms with Crippen LogP contribution in [0.15, 0.2) is 6.07 Å². The Morgan fingerprint density at radius 2 is 1.86 bits per heavy atom. The summed E-state index contributed by atoms with van der Waals surface area (Å²) >= 11 is 2.79. The Morgan fingerprint density at radius 3 is 2.27 bits per heavy atom. The van der Waals surface area contributed by atoms with Crippen molar-refractivity contribution in [3.63, 3.8) is 0 Å². The Bertz CT molecular complexity index is 558. The summed E-state index contributed by atoms with van der Waals surface area (Å²) < 4.78 is 83.0. The second-order valence-corrected chi connectivity index (χ2v) is 4.43. The van der Waals surface area contributed by atoms with Gasteiger partial charge in [0.2, 0.25) is 5.88 Å². The minimum atomic E-state index is -5.21. The molecule has 1 aromatic rings. The Kier molecular flexibility index (Phi) is 5.65. The van der Waals surface area contributed by atoms with E-state index < -0.39 is 47.6 Å². The van der Waals surface area contributed by atoms with Crippen LogP contribution in [0.3, 0.4) is 0 Å². The SMILES string of the molecule is COC(=O)Cc1nc(OC(F)(F)F)cc(C(F)(F)F)c1CBr. The normalized spacial score (nSPS) is 12.2. The Morgan fingerprint density at radius 1 is 1.27 bits per heavy atom. The molecule has 0 unspecified atom stereocenters. The van der Waals surface area contributed by atoms with E-state index in [2.05, 4.69) is 30.4 Å². The van der Waals surface area contributed by atoms with Crippen LogP contribution in [-0.2, 0) is 27.5 Å². The third kappa shape index (κ3) is 5.04. The van der Waals surface area contributed by atoms with Gasteiger partial charge in [-0.1, -0.05) is 15.9 Å². The maximum atomic E-state index is 12.9. The van der Waals surface area contributed by atoms with Crippen molar-refractivity contribution >= 4 is 21.9 Å². The van der Waals surface area contributed by atoms with E-state index in [1.165, 1.54) is 0 Å². The largest absolute Gasteiger partial charge is 0.574 e. The van der Waals surface area contributed by atoms with E-state index >= 15 is 0 Å². The molecule has 0 bridgehead atoms. The topological polar surface area (TPSA) is 48.4 Å². The molecule has 0 saturated heterocycles. The number of halogens is 7. The molecule has 1 aromatic heterocycles. The average Bonchev–Trinajstić information content (AvgIpc) is 2.35. The van der Waals surface area contributed by atoms with Crippen molar-refractivity contribution in [1.82, 2.24) is 4.98 Å². The molecule has 22 heavy (non-hydrogen) atoms. The zero-order chi connectivity index (χ0) is 17.1. The molecule has 0 aliphatic rings. The summed E-state index contributed by atoms with van der Waals surface area (Å²) in [5.41, 5.74) is -2.36. The van der Waals surface area contributed by atoms with Crippen molar-refractivity contribution in [3.8, 4) is 5.88 Å². The predicted octanol–water partition coefficient (Wildman–Crippen LogP) is 3.61. The molecule has 1 heterocycles. The van der Waals surface area contributed by atoms with Gasteiger partial charge in [0, 0.05) is 11.4 Å². The first kappa shape index (κ1) is 18.5. The van der Waals surface area contributed by atoms with Crippen LogP contribution < -0.4 is 4.74 Å². The van der Waals surface area contributed by atoms with Crippen LogP contribution in [0, 0.1) is 0 Å². The number of carbonyl (C=O) groups excluding carboxylic acids is 1. The summed E-state index contributed by atoms with van der Waals surface area (Å²) in [6.07, 6.45) is -10.9. The number of methoxy groups -OCH3 is 1. The first-order chi connectivity index (χ1) is 9.97. The molecule has 4 nitrogen and oxygen atoms in total. The summed E-state index contributed by atoms with van der Waals surface area (Å²) in [4.78, 5) is 14.5. The average molecular weight is 396 g/mol. The summed E-state index contributed by atoms with van der Waals surface area (Å²) in [7, 11) is 0.983. The molecule has 0 aliphatic carbocycles. The highest BCUT2D eigenvalue weighted by atomic mass is 79.9. The minimum absolute atomic E-state index is 0.130. The van der Waals surface area contributed by atoms with Gasteiger partial charge in [-0.25, -0.2) is 4.98 Å². The molecule has 0 fully saturated rings. The molecule has 0 saturated carbocycles. The molecular weight excluding hydrogens is 388 g/mol. The number of alkyl halides is 7. The standard InChI is InChI=1S/C11H8BrF6NO3/c1-21-9(20)3-7-5(4-12)6(10(13,14)15)2-8(19-7)22-11(16,17)18/h2H,3-4H2,1H3. The molecule has 0 spiro atoms. The lowest BCUT2D eigenvalue weighted by Gasteiger charge is -2.17. The predicted molar refractivity (Wildman–Crippen MR) is 64.3 cm³/mol. The quantitative estimate of drug-likeness (QED) is 0.444. The van der Waals surface area contributed by atoms with Crippen LogP contribution in [0.1, 0.15) is 16.8 Å². The monoisotopic (exact) mass is 395 g/mol. The Labute approximate surface area is 128 Å². The lowest BCUT2D eigenvalue weighted by Crippen LogP contribution is -2.21. The second kappa shape index (κ2) is 6.71. The molecule has 0 radical (unpaired) electrons. The minimum Gasteiger partial charge on any atom is -0.469 e. The van der Waals surface area contributed by atoms with E-state index in [0.717, 1.165) is 7.11 Å². The molecule has 0 amide bonds. The number of hydrogen-bond donors (Lipinski definition) is 0. The van der Waals surface area contributed by atoms with Crippen LogP contribution in [-0.4, -0.2) is 24.4 Å². The van der Waals surface area contributed by atoms with E-state index in [4.69, 9.17) is 0 Å². The Hall–Kier alpha value is -1.52. The van der Waals surface area contributed by atoms with Crippen LogP contribution in [0.5, 0.6) is 5.88 Å². The molecule has 11 heteroatoms. The molecule has 0 aromatic carbocycles. The number of esters is 1. The van der Waals surface area contributed by atoms with Crippen molar-refractivity contribution in [2.45, 2.75) is 24.3 Å². The van der Waals surface area contributed by atoms with Gasteiger partial charge in [-0.15, -0.1) is 13.2 Å². The first-order valence-corrected chi connectivity index (χ1v) is 6.58. The summed E-state index contributed by atoms with van der Waals surface area (Å²) in [6, 6.07) is 0.130. The maximum Gasteiger partial charge on any atom is 0.574 e. The van der Waals surface area contributed by atoms with Gasteiger partial charge < -0.3 is 9.47 Å². The maximum absolute atomic E-state index is 12.9. The molecule has 0 aliphatic heterocycles. The van der Waals surface area contributed by atoms with Crippen LogP contribution >= 0.6 is 15.9 Å². The fraction of sp³-hybridized carbons (Fsp3) is 0.455. The fourth-order valence-electron chi connectivity index (χ4n) is 1.53. The molecule has 0 atom stereocenters. The molecule has 0 N–H and O–H groups in total. The van der Waals surface area contributed by atoms with Gasteiger partial charge in [0.1, 0.15) is 0 Å².